The number of halogens is 1. The van der Waals surface area contributed by atoms with Crippen molar-refractivity contribution in [1.82, 2.24) is 4.98 Å². The van der Waals surface area contributed by atoms with E-state index in [1.54, 1.807) is 19.2 Å². The zero-order valence-corrected chi connectivity index (χ0v) is 12.8. The van der Waals surface area contributed by atoms with Gasteiger partial charge in [0.1, 0.15) is 16.5 Å². The van der Waals surface area contributed by atoms with Gasteiger partial charge in [0.25, 0.3) is 0 Å². The van der Waals surface area contributed by atoms with Crippen molar-refractivity contribution in [2.75, 3.05) is 14.2 Å². The average molecular weight is 323 g/mol. The molecule has 0 atom stereocenters. The standard InChI is InChI=1S/C15H14FNO4S/c1-20-10-4-3-9(12(7-10)21-2)8-22-14-11(15(18)19)5-6-13(16)17-14/h3-7H,8H2,1-2H3,(H,18,19). The first-order valence-corrected chi connectivity index (χ1v) is 7.27. The van der Waals surface area contributed by atoms with Crippen molar-refractivity contribution in [2.24, 2.45) is 0 Å². The minimum Gasteiger partial charge on any atom is -0.497 e. The van der Waals surface area contributed by atoms with Gasteiger partial charge in [0, 0.05) is 17.4 Å². The summed E-state index contributed by atoms with van der Waals surface area (Å²) in [4.78, 5) is 14.8. The van der Waals surface area contributed by atoms with Crippen LogP contribution in [0.15, 0.2) is 35.4 Å². The number of methoxy groups -OCH3 is 2. The number of carbonyl (C=O) groups is 1. The topological polar surface area (TPSA) is 68.7 Å². The minimum absolute atomic E-state index is 0.0288. The van der Waals surface area contributed by atoms with Crippen LogP contribution in [0.4, 0.5) is 4.39 Å². The molecule has 0 aliphatic carbocycles. The lowest BCUT2D eigenvalue weighted by Gasteiger charge is -2.10. The Hall–Kier alpha value is -2.28. The van der Waals surface area contributed by atoms with E-state index in [1.165, 1.54) is 13.2 Å². The fourth-order valence-electron chi connectivity index (χ4n) is 1.81. The molecular formula is C15H14FNO4S. The molecule has 0 bridgehead atoms. The van der Waals surface area contributed by atoms with Gasteiger partial charge in [0.15, 0.2) is 0 Å². The highest BCUT2D eigenvalue weighted by Gasteiger charge is 2.14. The van der Waals surface area contributed by atoms with E-state index >= 15 is 0 Å². The number of aromatic carboxylic acids is 1. The molecule has 0 amide bonds. The summed E-state index contributed by atoms with van der Waals surface area (Å²) in [5.74, 6) is -0.198. The molecule has 0 unspecified atom stereocenters. The Labute approximate surface area is 131 Å². The first kappa shape index (κ1) is 16.1. The molecule has 0 aliphatic rings. The number of pyridine rings is 1. The fraction of sp³-hybridized carbons (Fsp3) is 0.200. The zero-order chi connectivity index (χ0) is 16.1. The maximum absolute atomic E-state index is 13.2. The van der Waals surface area contributed by atoms with E-state index in [-0.39, 0.29) is 10.6 Å². The molecule has 0 saturated heterocycles. The summed E-state index contributed by atoms with van der Waals surface area (Å²) >= 11 is 1.13. The third-order valence-corrected chi connectivity index (χ3v) is 3.96. The molecule has 116 valence electrons. The highest BCUT2D eigenvalue weighted by molar-refractivity contribution is 7.98. The number of hydrogen-bond donors (Lipinski definition) is 1. The molecule has 2 rings (SSSR count). The van der Waals surface area contributed by atoms with Crippen LogP contribution in [0.25, 0.3) is 0 Å². The van der Waals surface area contributed by atoms with Gasteiger partial charge in [-0.3, -0.25) is 0 Å². The van der Waals surface area contributed by atoms with Crippen LogP contribution in [0.1, 0.15) is 15.9 Å². The predicted molar refractivity (Wildman–Crippen MR) is 80.3 cm³/mol. The van der Waals surface area contributed by atoms with E-state index in [9.17, 15) is 9.18 Å². The number of benzene rings is 1. The van der Waals surface area contributed by atoms with E-state index < -0.39 is 11.9 Å². The highest BCUT2D eigenvalue weighted by atomic mass is 32.2. The molecule has 2 aromatic rings. The average Bonchev–Trinajstić information content (AvgIpc) is 2.52. The Bertz CT molecular complexity index is 693. The van der Waals surface area contributed by atoms with Crippen molar-refractivity contribution in [3.63, 3.8) is 0 Å². The molecule has 1 aromatic heterocycles. The number of carboxylic acids is 1. The number of nitrogens with zero attached hydrogens (tertiary/aromatic N) is 1. The zero-order valence-electron chi connectivity index (χ0n) is 12.0. The number of hydrogen-bond acceptors (Lipinski definition) is 5. The number of ether oxygens (including phenoxy) is 2. The molecule has 1 N–H and O–H groups in total. The van der Waals surface area contributed by atoms with Gasteiger partial charge in [-0.25, -0.2) is 9.78 Å². The molecule has 1 aromatic carbocycles. The van der Waals surface area contributed by atoms with Gasteiger partial charge in [-0.2, -0.15) is 4.39 Å². The van der Waals surface area contributed by atoms with Crippen LogP contribution in [0.3, 0.4) is 0 Å². The first-order chi connectivity index (χ1) is 10.5. The monoisotopic (exact) mass is 323 g/mol. The van der Waals surface area contributed by atoms with Crippen molar-refractivity contribution < 1.29 is 23.8 Å². The van der Waals surface area contributed by atoms with Crippen molar-refractivity contribution in [1.29, 1.82) is 0 Å². The van der Waals surface area contributed by atoms with Gasteiger partial charge in [0.05, 0.1) is 19.8 Å². The molecule has 0 fully saturated rings. The van der Waals surface area contributed by atoms with Crippen LogP contribution in [-0.2, 0) is 5.75 Å². The maximum atomic E-state index is 13.2. The van der Waals surface area contributed by atoms with Crippen molar-refractivity contribution in [3.8, 4) is 11.5 Å². The van der Waals surface area contributed by atoms with Crippen LogP contribution in [0.2, 0.25) is 0 Å². The molecular weight excluding hydrogens is 309 g/mol. The van der Waals surface area contributed by atoms with Crippen LogP contribution in [0.5, 0.6) is 11.5 Å². The second-order valence-corrected chi connectivity index (χ2v) is 5.22. The Morgan fingerprint density at radius 2 is 2.05 bits per heavy atom. The van der Waals surface area contributed by atoms with E-state index in [0.29, 0.717) is 17.3 Å². The smallest absolute Gasteiger partial charge is 0.338 e. The predicted octanol–water partition coefficient (Wildman–Crippen LogP) is 3.23. The Kier molecular flexibility index (Phi) is 5.21. The Balaban J connectivity index is 2.23. The van der Waals surface area contributed by atoms with Crippen LogP contribution in [-0.4, -0.2) is 30.3 Å². The lowest BCUT2D eigenvalue weighted by atomic mass is 10.2. The summed E-state index contributed by atoms with van der Waals surface area (Å²) < 4.78 is 23.6. The fourth-order valence-corrected chi connectivity index (χ4v) is 2.80. The SMILES string of the molecule is COc1ccc(CSc2nc(F)ccc2C(=O)O)c(OC)c1. The number of aromatic nitrogens is 1. The summed E-state index contributed by atoms with van der Waals surface area (Å²) in [6, 6.07) is 7.55. The molecule has 0 saturated carbocycles. The van der Waals surface area contributed by atoms with Crippen molar-refractivity contribution in [3.05, 3.63) is 47.4 Å². The quantitative estimate of drug-likeness (QED) is 0.650. The van der Waals surface area contributed by atoms with Crippen molar-refractivity contribution in [2.45, 2.75) is 10.8 Å². The molecule has 1 heterocycles. The lowest BCUT2D eigenvalue weighted by molar-refractivity contribution is 0.0692. The first-order valence-electron chi connectivity index (χ1n) is 6.28. The largest absolute Gasteiger partial charge is 0.497 e. The number of rotatable bonds is 6. The summed E-state index contributed by atoms with van der Waals surface area (Å²) in [5, 5.41) is 9.24. The molecule has 22 heavy (non-hydrogen) atoms. The molecule has 0 spiro atoms. The lowest BCUT2D eigenvalue weighted by Crippen LogP contribution is -2.02. The Morgan fingerprint density at radius 1 is 1.27 bits per heavy atom. The summed E-state index contributed by atoms with van der Waals surface area (Å²) in [5.41, 5.74) is 0.801. The molecule has 0 aliphatic heterocycles. The van der Waals surface area contributed by atoms with Gasteiger partial charge >= 0.3 is 5.97 Å². The van der Waals surface area contributed by atoms with Crippen LogP contribution in [0, 0.1) is 5.95 Å². The van der Waals surface area contributed by atoms with Crippen LogP contribution >= 0.6 is 11.8 Å². The van der Waals surface area contributed by atoms with Gasteiger partial charge in [0.2, 0.25) is 5.95 Å². The van der Waals surface area contributed by atoms with E-state index in [1.807, 2.05) is 6.07 Å². The van der Waals surface area contributed by atoms with E-state index in [0.717, 1.165) is 23.4 Å². The Morgan fingerprint density at radius 3 is 2.68 bits per heavy atom. The van der Waals surface area contributed by atoms with E-state index in [2.05, 4.69) is 4.98 Å². The van der Waals surface area contributed by atoms with Gasteiger partial charge in [-0.15, -0.1) is 11.8 Å². The third kappa shape index (κ3) is 3.67. The minimum atomic E-state index is -1.14. The molecule has 5 nitrogen and oxygen atoms in total. The van der Waals surface area contributed by atoms with Gasteiger partial charge < -0.3 is 14.6 Å². The van der Waals surface area contributed by atoms with E-state index in [4.69, 9.17) is 14.6 Å². The number of carboxylic acid groups (broad SMARTS) is 1. The van der Waals surface area contributed by atoms with Gasteiger partial charge in [-0.05, 0) is 18.2 Å². The summed E-state index contributed by atoms with van der Waals surface area (Å²) in [6.07, 6.45) is 0. The van der Waals surface area contributed by atoms with Gasteiger partial charge in [-0.1, -0.05) is 6.07 Å². The highest BCUT2D eigenvalue weighted by Crippen LogP contribution is 2.31. The van der Waals surface area contributed by atoms with Crippen LogP contribution < -0.4 is 9.47 Å². The normalized spacial score (nSPS) is 10.3. The summed E-state index contributed by atoms with van der Waals surface area (Å²) in [6.45, 7) is 0. The van der Waals surface area contributed by atoms with Crippen molar-refractivity contribution >= 4 is 17.7 Å². The maximum Gasteiger partial charge on any atom is 0.338 e. The summed E-state index contributed by atoms with van der Waals surface area (Å²) in [7, 11) is 3.09. The molecule has 7 heteroatoms. The number of thioether (sulfide) groups is 1. The molecule has 0 radical (unpaired) electrons. The second kappa shape index (κ2) is 7.13. The second-order valence-electron chi connectivity index (χ2n) is 4.26. The third-order valence-electron chi connectivity index (χ3n) is 2.92.